The molecule has 0 unspecified atom stereocenters. The lowest BCUT2D eigenvalue weighted by Gasteiger charge is -2.35. The highest BCUT2D eigenvalue weighted by atomic mass is 79.9. The van der Waals surface area contributed by atoms with Crippen molar-refractivity contribution in [2.75, 3.05) is 23.9 Å². The normalized spacial score (nSPS) is 16.0. The van der Waals surface area contributed by atoms with Crippen LogP contribution in [0, 0.1) is 0 Å². The molecule has 0 spiro atoms. The van der Waals surface area contributed by atoms with Crippen LogP contribution in [0.2, 0.25) is 0 Å². The molecule has 0 aromatic heterocycles. The van der Waals surface area contributed by atoms with E-state index in [4.69, 9.17) is 17.0 Å². The van der Waals surface area contributed by atoms with Gasteiger partial charge < -0.3 is 15.0 Å². The predicted octanol–water partition coefficient (Wildman–Crippen LogP) is 6.12. The molecule has 3 aromatic rings. The first-order chi connectivity index (χ1) is 15.5. The number of rotatable bonds is 4. The number of nitrogens with one attached hydrogen (secondary N) is 2. The van der Waals surface area contributed by atoms with E-state index in [-0.39, 0.29) is 11.0 Å². The van der Waals surface area contributed by atoms with Gasteiger partial charge in [-0.2, -0.15) is 0 Å². The molecule has 166 valence electrons. The van der Waals surface area contributed by atoms with E-state index in [0.29, 0.717) is 17.4 Å². The quantitative estimate of drug-likeness (QED) is 0.413. The molecule has 1 saturated heterocycles. The minimum absolute atomic E-state index is 0.237. The Morgan fingerprint density at radius 3 is 2.62 bits per heavy atom. The van der Waals surface area contributed by atoms with Crippen LogP contribution < -0.4 is 20.3 Å². The number of carbonyl (C=O) groups excluding carboxylic acids is 1. The summed E-state index contributed by atoms with van der Waals surface area (Å²) in [6.07, 6.45) is 3.75. The van der Waals surface area contributed by atoms with Crippen molar-refractivity contribution in [2.24, 2.45) is 0 Å². The number of thiocarbonyl (C=S) groups is 1. The molecule has 1 amide bonds. The Balaban J connectivity index is 1.46. The van der Waals surface area contributed by atoms with Crippen molar-refractivity contribution in [2.45, 2.75) is 32.2 Å². The summed E-state index contributed by atoms with van der Waals surface area (Å²) >= 11 is 8.96. The second-order valence-corrected chi connectivity index (χ2v) is 9.19. The van der Waals surface area contributed by atoms with Gasteiger partial charge in [0, 0.05) is 24.0 Å². The van der Waals surface area contributed by atoms with E-state index in [9.17, 15) is 4.79 Å². The summed E-state index contributed by atoms with van der Waals surface area (Å²) in [6.45, 7) is 3.36. The third-order valence-corrected chi connectivity index (χ3v) is 6.87. The molecule has 0 radical (unpaired) electrons. The second kappa shape index (κ2) is 9.88. The highest BCUT2D eigenvalue weighted by Gasteiger charge is 2.20. The summed E-state index contributed by atoms with van der Waals surface area (Å²) in [5.74, 6) is 0.147. The van der Waals surface area contributed by atoms with Gasteiger partial charge >= 0.3 is 0 Å². The van der Waals surface area contributed by atoms with E-state index >= 15 is 0 Å². The highest BCUT2D eigenvalue weighted by Crippen LogP contribution is 2.36. The molecule has 1 aliphatic rings. The van der Waals surface area contributed by atoms with Crippen LogP contribution in [0.4, 0.5) is 11.4 Å². The van der Waals surface area contributed by atoms with E-state index in [1.165, 1.54) is 24.9 Å². The molecule has 5 nitrogen and oxygen atoms in total. The Bertz CT molecular complexity index is 1150. The fourth-order valence-electron chi connectivity index (χ4n) is 4.20. The minimum atomic E-state index is -0.329. The average Bonchev–Trinajstić information content (AvgIpc) is 2.80. The Morgan fingerprint density at radius 1 is 1.16 bits per heavy atom. The van der Waals surface area contributed by atoms with Crippen molar-refractivity contribution >= 4 is 61.3 Å². The maximum Gasteiger partial charge on any atom is 0.261 e. The molecule has 0 saturated carbocycles. The fourth-order valence-corrected chi connectivity index (χ4v) is 5.15. The van der Waals surface area contributed by atoms with Gasteiger partial charge in [0.15, 0.2) is 5.11 Å². The number of hydrogen-bond donors (Lipinski definition) is 2. The number of amides is 1. The molecule has 1 atom stereocenters. The van der Waals surface area contributed by atoms with Crippen LogP contribution in [0.5, 0.6) is 5.75 Å². The maximum atomic E-state index is 13.0. The molecule has 32 heavy (non-hydrogen) atoms. The lowest BCUT2D eigenvalue weighted by Crippen LogP contribution is -2.37. The van der Waals surface area contributed by atoms with Gasteiger partial charge in [-0.05, 0) is 95.4 Å². The summed E-state index contributed by atoms with van der Waals surface area (Å²) in [5, 5.41) is 8.02. The molecule has 4 rings (SSSR count). The Hall–Kier alpha value is -2.64. The third kappa shape index (κ3) is 4.74. The summed E-state index contributed by atoms with van der Waals surface area (Å²) in [7, 11) is 1.55. The Labute approximate surface area is 202 Å². The van der Waals surface area contributed by atoms with Crippen LogP contribution in [0.1, 0.15) is 36.5 Å². The van der Waals surface area contributed by atoms with Crippen molar-refractivity contribution in [3.8, 4) is 5.75 Å². The average molecular weight is 512 g/mol. The van der Waals surface area contributed by atoms with Crippen LogP contribution in [0.3, 0.4) is 0 Å². The van der Waals surface area contributed by atoms with Crippen molar-refractivity contribution in [3.63, 3.8) is 0 Å². The van der Waals surface area contributed by atoms with E-state index in [0.717, 1.165) is 27.5 Å². The first-order valence-electron chi connectivity index (χ1n) is 10.7. The number of ether oxygens (including phenoxy) is 1. The topological polar surface area (TPSA) is 53.6 Å². The SMILES string of the molecule is COc1c(C(=O)NC(=S)Nc2ccc(N3CCCC[C@@H]3C)cc2)cc2ccccc2c1Br. The number of methoxy groups -OCH3 is 1. The zero-order chi connectivity index (χ0) is 22.7. The summed E-state index contributed by atoms with van der Waals surface area (Å²) in [4.78, 5) is 15.4. The van der Waals surface area contributed by atoms with E-state index in [1.807, 2.05) is 42.5 Å². The van der Waals surface area contributed by atoms with Crippen LogP contribution in [-0.4, -0.2) is 30.7 Å². The van der Waals surface area contributed by atoms with Gasteiger partial charge in [0.25, 0.3) is 5.91 Å². The van der Waals surface area contributed by atoms with Gasteiger partial charge in [0.2, 0.25) is 0 Å². The van der Waals surface area contributed by atoms with Crippen LogP contribution >= 0.6 is 28.1 Å². The van der Waals surface area contributed by atoms with E-state index < -0.39 is 0 Å². The third-order valence-electron chi connectivity index (χ3n) is 5.88. The van der Waals surface area contributed by atoms with Gasteiger partial charge in [-0.1, -0.05) is 24.3 Å². The fraction of sp³-hybridized carbons (Fsp3) is 0.280. The number of nitrogens with zero attached hydrogens (tertiary/aromatic N) is 1. The highest BCUT2D eigenvalue weighted by molar-refractivity contribution is 9.10. The van der Waals surface area contributed by atoms with Crippen LogP contribution in [-0.2, 0) is 0 Å². The lowest BCUT2D eigenvalue weighted by molar-refractivity contribution is 0.0975. The van der Waals surface area contributed by atoms with Crippen molar-refractivity contribution in [3.05, 3.63) is 64.6 Å². The summed E-state index contributed by atoms with van der Waals surface area (Å²) in [5.41, 5.74) is 2.45. The number of anilines is 2. The number of fused-ring (bicyclic) bond motifs is 1. The maximum absolute atomic E-state index is 13.0. The van der Waals surface area contributed by atoms with Crippen molar-refractivity contribution in [1.82, 2.24) is 5.32 Å². The lowest BCUT2D eigenvalue weighted by atomic mass is 10.0. The summed E-state index contributed by atoms with van der Waals surface area (Å²) < 4.78 is 6.25. The first-order valence-corrected chi connectivity index (χ1v) is 11.9. The Morgan fingerprint density at radius 2 is 1.91 bits per heavy atom. The molecule has 0 bridgehead atoms. The van der Waals surface area contributed by atoms with Crippen molar-refractivity contribution in [1.29, 1.82) is 0 Å². The number of hydrogen-bond acceptors (Lipinski definition) is 4. The van der Waals surface area contributed by atoms with Gasteiger partial charge in [-0.3, -0.25) is 10.1 Å². The molecular formula is C25H26BrN3O2S. The molecule has 1 heterocycles. The zero-order valence-corrected chi connectivity index (χ0v) is 20.6. The van der Waals surface area contributed by atoms with Crippen LogP contribution in [0.25, 0.3) is 10.8 Å². The number of halogens is 1. The molecular weight excluding hydrogens is 486 g/mol. The van der Waals surface area contributed by atoms with E-state index in [2.05, 4.69) is 50.5 Å². The van der Waals surface area contributed by atoms with Gasteiger partial charge in [0.1, 0.15) is 5.75 Å². The van der Waals surface area contributed by atoms with Gasteiger partial charge in [0.05, 0.1) is 17.1 Å². The van der Waals surface area contributed by atoms with Gasteiger partial charge in [-0.15, -0.1) is 0 Å². The standard InChI is InChI=1S/C25H26BrN3O2S/c1-16-7-5-6-14-29(16)19-12-10-18(11-13-19)27-25(32)28-24(30)21-15-17-8-3-4-9-20(17)22(26)23(21)31-2/h3-4,8-13,15-16H,5-7,14H2,1-2H3,(H2,27,28,30,32)/t16-/m0/s1. The number of carbonyl (C=O) groups is 1. The first kappa shape index (κ1) is 22.6. The molecule has 3 aromatic carbocycles. The Kier molecular flexibility index (Phi) is 6.96. The second-order valence-electron chi connectivity index (χ2n) is 7.99. The largest absolute Gasteiger partial charge is 0.495 e. The number of benzene rings is 3. The van der Waals surface area contributed by atoms with Crippen LogP contribution in [0.15, 0.2) is 59.1 Å². The molecule has 2 N–H and O–H groups in total. The monoisotopic (exact) mass is 511 g/mol. The molecule has 7 heteroatoms. The summed E-state index contributed by atoms with van der Waals surface area (Å²) in [6, 6.07) is 18.3. The molecule has 1 fully saturated rings. The van der Waals surface area contributed by atoms with Gasteiger partial charge in [-0.25, -0.2) is 0 Å². The van der Waals surface area contributed by atoms with Crippen molar-refractivity contribution < 1.29 is 9.53 Å². The smallest absolute Gasteiger partial charge is 0.261 e. The minimum Gasteiger partial charge on any atom is -0.495 e. The van der Waals surface area contributed by atoms with E-state index in [1.54, 1.807) is 7.11 Å². The number of piperidine rings is 1. The zero-order valence-electron chi connectivity index (χ0n) is 18.2. The molecule has 1 aliphatic heterocycles. The molecule has 0 aliphatic carbocycles. The predicted molar refractivity (Wildman–Crippen MR) is 139 cm³/mol.